The molecule has 0 radical (unpaired) electrons. The van der Waals surface area contributed by atoms with Crippen LogP contribution < -0.4 is 10.0 Å². The maximum Gasteiger partial charge on any atom is 0.0949 e. The molecular weight excluding hydrogens is 240 g/mol. The Morgan fingerprint density at radius 2 is 2.05 bits per heavy atom. The van der Waals surface area contributed by atoms with Gasteiger partial charge in [-0.1, -0.05) is 18.2 Å². The van der Waals surface area contributed by atoms with Crippen molar-refractivity contribution in [2.45, 2.75) is 19.4 Å². The van der Waals surface area contributed by atoms with E-state index >= 15 is 0 Å². The maximum atomic E-state index is 10.6. The van der Waals surface area contributed by atoms with E-state index < -0.39 is 5.97 Å². The van der Waals surface area contributed by atoms with Crippen LogP contribution >= 0.6 is 0 Å². The first kappa shape index (κ1) is 13.6. The smallest absolute Gasteiger partial charge is 0.0949 e. The lowest BCUT2D eigenvalue weighted by Crippen LogP contribution is -3.06. The van der Waals surface area contributed by atoms with Crippen LogP contribution in [0.2, 0.25) is 0 Å². The van der Waals surface area contributed by atoms with Crippen LogP contribution in [-0.4, -0.2) is 31.2 Å². The van der Waals surface area contributed by atoms with Crippen LogP contribution in [0.15, 0.2) is 30.5 Å². The molecule has 1 aromatic heterocycles. The van der Waals surface area contributed by atoms with E-state index in [0.29, 0.717) is 6.42 Å². The lowest BCUT2D eigenvalue weighted by atomic mass is 10.1. The summed E-state index contributed by atoms with van der Waals surface area (Å²) in [4.78, 5) is 12.0. The number of carbonyl (C=O) groups excluding carboxylic acids is 1. The summed E-state index contributed by atoms with van der Waals surface area (Å²) in [6, 6.07) is 8.15. The Morgan fingerprint density at radius 3 is 2.74 bits per heavy atom. The van der Waals surface area contributed by atoms with Crippen LogP contribution in [-0.2, 0) is 17.8 Å². The van der Waals surface area contributed by atoms with E-state index in [1.54, 1.807) is 0 Å². The molecule has 19 heavy (non-hydrogen) atoms. The molecule has 102 valence electrons. The fourth-order valence-corrected chi connectivity index (χ4v) is 2.29. The van der Waals surface area contributed by atoms with Crippen molar-refractivity contribution in [2.24, 2.45) is 0 Å². The summed E-state index contributed by atoms with van der Waals surface area (Å²) in [5, 5.41) is 11.8. The lowest BCUT2D eigenvalue weighted by molar-refractivity contribution is -0.858. The molecule has 4 heteroatoms. The van der Waals surface area contributed by atoms with Crippen LogP contribution in [0, 0.1) is 0 Å². The minimum atomic E-state index is -0.991. The molecule has 0 atom stereocenters. The quantitative estimate of drug-likeness (QED) is 0.759. The molecule has 2 aromatic rings. The molecule has 0 saturated heterocycles. The number of nitrogens with one attached hydrogen (secondary N) is 1. The van der Waals surface area contributed by atoms with E-state index in [2.05, 4.69) is 37.0 Å². The molecule has 2 rings (SSSR count). The van der Waals surface area contributed by atoms with Crippen molar-refractivity contribution >= 4 is 16.9 Å². The minimum Gasteiger partial charge on any atom is -0.550 e. The Bertz CT molecular complexity index is 573. The second-order valence-corrected chi connectivity index (χ2v) is 5.19. The van der Waals surface area contributed by atoms with Crippen molar-refractivity contribution < 1.29 is 14.8 Å². The molecule has 0 fully saturated rings. The summed E-state index contributed by atoms with van der Waals surface area (Å²) in [6.45, 7) is 1.98. The van der Waals surface area contributed by atoms with E-state index in [0.717, 1.165) is 24.0 Å². The van der Waals surface area contributed by atoms with E-state index in [1.165, 1.54) is 10.4 Å². The molecule has 0 amide bonds. The van der Waals surface area contributed by atoms with Gasteiger partial charge >= 0.3 is 0 Å². The average molecular weight is 260 g/mol. The zero-order chi connectivity index (χ0) is 13.8. The van der Waals surface area contributed by atoms with Gasteiger partial charge in [0.15, 0.2) is 0 Å². The molecule has 4 nitrogen and oxygen atoms in total. The number of aryl methyl sites for hydroxylation is 1. The van der Waals surface area contributed by atoms with Crippen LogP contribution in [0.5, 0.6) is 0 Å². The fourth-order valence-electron chi connectivity index (χ4n) is 2.29. The third-order valence-corrected chi connectivity index (χ3v) is 3.32. The molecule has 0 aliphatic carbocycles. The van der Waals surface area contributed by atoms with Gasteiger partial charge in [0.1, 0.15) is 0 Å². The first-order chi connectivity index (χ1) is 9.08. The number of hydrogen-bond acceptors (Lipinski definition) is 2. The number of nitrogens with zero attached hydrogens (tertiary/aromatic N) is 1. The number of hydrogen-bond donors (Lipinski definition) is 1. The number of aromatic nitrogens is 1. The second-order valence-electron chi connectivity index (χ2n) is 5.19. The van der Waals surface area contributed by atoms with Gasteiger partial charge < -0.3 is 19.4 Å². The normalized spacial score (nSPS) is 11.3. The molecule has 0 spiro atoms. The number of carbonyl (C=O) groups is 1. The zero-order valence-electron chi connectivity index (χ0n) is 11.5. The topological polar surface area (TPSA) is 49.5 Å². The standard InChI is InChI=1S/C15H20N2O2/c1-16(2)9-10-17-11-12(7-8-15(18)19)13-5-3-4-6-14(13)17/h3-6,11H,7-10H2,1-2H3,(H,18,19). The average Bonchev–Trinajstić information content (AvgIpc) is 2.72. The highest BCUT2D eigenvalue weighted by Gasteiger charge is 2.08. The number of aliphatic carboxylic acids is 1. The number of quaternary nitrogens is 1. The molecule has 0 aliphatic heterocycles. The van der Waals surface area contributed by atoms with E-state index in [-0.39, 0.29) is 6.42 Å². The number of para-hydroxylation sites is 1. The highest BCUT2D eigenvalue weighted by atomic mass is 16.4. The van der Waals surface area contributed by atoms with Crippen LogP contribution in [0.25, 0.3) is 10.9 Å². The molecule has 1 heterocycles. The number of benzene rings is 1. The van der Waals surface area contributed by atoms with Gasteiger partial charge in [0.25, 0.3) is 0 Å². The molecule has 0 bridgehead atoms. The van der Waals surface area contributed by atoms with Gasteiger partial charge in [0, 0.05) is 23.1 Å². The van der Waals surface area contributed by atoms with Crippen molar-refractivity contribution in [2.75, 3.05) is 20.6 Å². The van der Waals surface area contributed by atoms with Crippen LogP contribution in [0.3, 0.4) is 0 Å². The van der Waals surface area contributed by atoms with Gasteiger partial charge in [0.05, 0.1) is 27.2 Å². The SMILES string of the molecule is C[NH+](C)CCn1cc(CCC(=O)[O-])c2ccccc21. The third kappa shape index (κ3) is 3.35. The van der Waals surface area contributed by atoms with Gasteiger partial charge in [-0.05, 0) is 24.5 Å². The lowest BCUT2D eigenvalue weighted by Gasteiger charge is -2.08. The van der Waals surface area contributed by atoms with Crippen molar-refractivity contribution in [1.82, 2.24) is 4.57 Å². The number of carboxylic acids is 1. The maximum absolute atomic E-state index is 10.6. The summed E-state index contributed by atoms with van der Waals surface area (Å²) in [6.07, 6.45) is 2.69. The van der Waals surface area contributed by atoms with Crippen LogP contribution in [0.4, 0.5) is 0 Å². The Morgan fingerprint density at radius 1 is 1.32 bits per heavy atom. The van der Waals surface area contributed by atoms with Crippen molar-refractivity contribution in [3.63, 3.8) is 0 Å². The number of fused-ring (bicyclic) bond motifs is 1. The van der Waals surface area contributed by atoms with E-state index in [4.69, 9.17) is 0 Å². The predicted octanol–water partition coefficient (Wildman–Crippen LogP) is -0.532. The molecule has 1 N–H and O–H groups in total. The highest BCUT2D eigenvalue weighted by Crippen LogP contribution is 2.22. The number of likely N-dealkylation sites (N-methyl/N-ethyl adjacent to an activating group) is 1. The molecular formula is C15H20N2O2. The Kier molecular flexibility index (Phi) is 4.22. The summed E-state index contributed by atoms with van der Waals surface area (Å²) < 4.78 is 2.22. The summed E-state index contributed by atoms with van der Waals surface area (Å²) >= 11 is 0. The zero-order valence-corrected chi connectivity index (χ0v) is 11.5. The summed E-state index contributed by atoms with van der Waals surface area (Å²) in [7, 11) is 4.26. The monoisotopic (exact) mass is 260 g/mol. The summed E-state index contributed by atoms with van der Waals surface area (Å²) in [5.74, 6) is -0.991. The van der Waals surface area contributed by atoms with Crippen LogP contribution in [0.1, 0.15) is 12.0 Å². The Labute approximate surface area is 113 Å². The first-order valence-electron chi connectivity index (χ1n) is 6.63. The van der Waals surface area contributed by atoms with Gasteiger partial charge in [0.2, 0.25) is 0 Å². The molecule has 0 aliphatic rings. The van der Waals surface area contributed by atoms with E-state index in [1.807, 2.05) is 12.1 Å². The summed E-state index contributed by atoms with van der Waals surface area (Å²) in [5.41, 5.74) is 2.27. The van der Waals surface area contributed by atoms with Gasteiger partial charge in [-0.2, -0.15) is 0 Å². The minimum absolute atomic E-state index is 0.0763. The number of rotatable bonds is 6. The number of carboxylic acid groups (broad SMARTS) is 1. The van der Waals surface area contributed by atoms with Crippen molar-refractivity contribution in [1.29, 1.82) is 0 Å². The molecule has 0 saturated carbocycles. The fraction of sp³-hybridized carbons (Fsp3) is 0.400. The van der Waals surface area contributed by atoms with E-state index in [9.17, 15) is 9.90 Å². The first-order valence-corrected chi connectivity index (χ1v) is 6.63. The predicted molar refractivity (Wildman–Crippen MR) is 72.9 cm³/mol. The third-order valence-electron chi connectivity index (χ3n) is 3.32. The molecule has 0 unspecified atom stereocenters. The van der Waals surface area contributed by atoms with Crippen molar-refractivity contribution in [3.8, 4) is 0 Å². The largest absolute Gasteiger partial charge is 0.550 e. The second kappa shape index (κ2) is 5.89. The Balaban J connectivity index is 2.28. The Hall–Kier alpha value is -1.81. The van der Waals surface area contributed by atoms with Gasteiger partial charge in [-0.25, -0.2) is 0 Å². The van der Waals surface area contributed by atoms with Gasteiger partial charge in [-0.15, -0.1) is 0 Å². The molecule has 1 aromatic carbocycles. The van der Waals surface area contributed by atoms with Gasteiger partial charge in [-0.3, -0.25) is 0 Å². The van der Waals surface area contributed by atoms with Crippen molar-refractivity contribution in [3.05, 3.63) is 36.0 Å². The highest BCUT2D eigenvalue weighted by molar-refractivity contribution is 5.84.